The summed E-state index contributed by atoms with van der Waals surface area (Å²) in [7, 11) is 0. The number of hydrazone groups is 1. The van der Waals surface area contributed by atoms with E-state index < -0.39 is 24.0 Å². The van der Waals surface area contributed by atoms with Gasteiger partial charge in [0, 0.05) is 5.02 Å². The van der Waals surface area contributed by atoms with Gasteiger partial charge in [-0.25, -0.2) is 5.43 Å². The van der Waals surface area contributed by atoms with Gasteiger partial charge >= 0.3 is 0 Å². The Kier molecular flexibility index (Phi) is 9.15. The minimum absolute atomic E-state index is 0.182. The van der Waals surface area contributed by atoms with Crippen LogP contribution in [0.3, 0.4) is 0 Å². The summed E-state index contributed by atoms with van der Waals surface area (Å²) in [5.74, 6) is -0.322. The number of hydrogen-bond donors (Lipinski definition) is 2. The lowest BCUT2D eigenvalue weighted by Crippen LogP contribution is -2.49. The lowest BCUT2D eigenvalue weighted by atomic mass is 10.0. The first-order valence-corrected chi connectivity index (χ1v) is 10.3. The quantitative estimate of drug-likeness (QED) is 0.438. The average molecular weight is 450 g/mol. The molecule has 2 aromatic carbocycles. The summed E-state index contributed by atoms with van der Waals surface area (Å²) < 4.78 is 5.62. The third-order valence-electron chi connectivity index (χ3n) is 4.09. The molecule has 0 fully saturated rings. The average Bonchev–Trinajstić information content (AvgIpc) is 2.69. The van der Waals surface area contributed by atoms with Crippen molar-refractivity contribution in [3.8, 4) is 5.75 Å². The van der Waals surface area contributed by atoms with Crippen molar-refractivity contribution >= 4 is 41.2 Å². The molecule has 0 aliphatic rings. The van der Waals surface area contributed by atoms with Crippen molar-refractivity contribution in [2.45, 2.75) is 39.3 Å². The van der Waals surface area contributed by atoms with Gasteiger partial charge in [0.1, 0.15) is 11.8 Å². The summed E-state index contributed by atoms with van der Waals surface area (Å²) >= 11 is 12.0. The molecule has 0 saturated heterocycles. The van der Waals surface area contributed by atoms with Gasteiger partial charge in [0.15, 0.2) is 6.10 Å². The van der Waals surface area contributed by atoms with E-state index >= 15 is 0 Å². The van der Waals surface area contributed by atoms with E-state index in [-0.39, 0.29) is 5.92 Å². The van der Waals surface area contributed by atoms with Crippen LogP contribution in [0.25, 0.3) is 0 Å². The van der Waals surface area contributed by atoms with Gasteiger partial charge in [-0.3, -0.25) is 9.59 Å². The van der Waals surface area contributed by atoms with Gasteiger partial charge in [-0.2, -0.15) is 5.10 Å². The number of hydrogen-bond acceptors (Lipinski definition) is 4. The number of carbonyl (C=O) groups excluding carboxylic acids is 2. The zero-order valence-electron chi connectivity index (χ0n) is 17.1. The molecule has 0 aliphatic heterocycles. The van der Waals surface area contributed by atoms with E-state index in [2.05, 4.69) is 15.8 Å². The van der Waals surface area contributed by atoms with E-state index in [1.54, 1.807) is 25.3 Å². The van der Waals surface area contributed by atoms with E-state index in [4.69, 9.17) is 27.9 Å². The Balaban J connectivity index is 1.98. The van der Waals surface area contributed by atoms with Crippen LogP contribution in [0.15, 0.2) is 53.6 Å². The molecule has 160 valence electrons. The highest BCUT2D eigenvalue weighted by atomic mass is 35.5. The largest absolute Gasteiger partial charge is 0.479 e. The molecule has 0 radical (unpaired) electrons. The maximum Gasteiger partial charge on any atom is 0.262 e. The molecule has 0 aromatic heterocycles. The zero-order chi connectivity index (χ0) is 22.1. The maximum absolute atomic E-state index is 12.6. The minimum atomic E-state index is -0.862. The number of nitrogens with zero attached hydrogens (tertiary/aromatic N) is 1. The molecule has 0 bridgehead atoms. The minimum Gasteiger partial charge on any atom is -0.479 e. The van der Waals surface area contributed by atoms with Crippen LogP contribution in [-0.4, -0.2) is 30.2 Å². The van der Waals surface area contributed by atoms with Crippen molar-refractivity contribution in [2.75, 3.05) is 0 Å². The molecule has 2 aromatic rings. The molecular weight excluding hydrogens is 425 g/mol. The van der Waals surface area contributed by atoms with Crippen molar-refractivity contribution in [1.29, 1.82) is 0 Å². The Bertz CT molecular complexity index is 888. The highest BCUT2D eigenvalue weighted by molar-refractivity contribution is 6.35. The normalized spacial score (nSPS) is 13.1. The van der Waals surface area contributed by atoms with Gasteiger partial charge in [0.05, 0.1) is 11.2 Å². The van der Waals surface area contributed by atoms with Gasteiger partial charge in [0.2, 0.25) is 0 Å². The molecule has 2 N–H and O–H groups in total. The monoisotopic (exact) mass is 449 g/mol. The van der Waals surface area contributed by atoms with Crippen LogP contribution in [0.2, 0.25) is 10.0 Å². The molecule has 0 spiro atoms. The van der Waals surface area contributed by atoms with Gasteiger partial charge in [-0.05, 0) is 43.0 Å². The lowest BCUT2D eigenvalue weighted by molar-refractivity contribution is -0.132. The lowest BCUT2D eigenvalue weighted by Gasteiger charge is -2.22. The fraction of sp³-hybridized carbons (Fsp3) is 0.318. The summed E-state index contributed by atoms with van der Waals surface area (Å²) in [5, 5.41) is 7.47. The van der Waals surface area contributed by atoms with Crippen molar-refractivity contribution in [3.05, 3.63) is 64.1 Å². The van der Waals surface area contributed by atoms with Crippen molar-refractivity contribution in [3.63, 3.8) is 0 Å². The Morgan fingerprint density at radius 1 is 1.07 bits per heavy atom. The molecule has 2 amide bonds. The Hall–Kier alpha value is -2.57. The number of nitrogens with one attached hydrogen (secondary N) is 2. The Labute approximate surface area is 186 Å². The topological polar surface area (TPSA) is 79.8 Å². The van der Waals surface area contributed by atoms with E-state index in [1.165, 1.54) is 6.07 Å². The van der Waals surface area contributed by atoms with Crippen LogP contribution in [0, 0.1) is 5.92 Å². The van der Waals surface area contributed by atoms with Gasteiger partial charge < -0.3 is 10.1 Å². The smallest absolute Gasteiger partial charge is 0.262 e. The van der Waals surface area contributed by atoms with E-state index in [1.807, 2.05) is 44.2 Å². The van der Waals surface area contributed by atoms with Crippen molar-refractivity contribution < 1.29 is 14.3 Å². The van der Waals surface area contributed by atoms with E-state index in [9.17, 15) is 9.59 Å². The van der Waals surface area contributed by atoms with Crippen LogP contribution in [0.4, 0.5) is 0 Å². The molecule has 2 atom stereocenters. The molecular formula is C22H25Cl2N3O3. The zero-order valence-corrected chi connectivity index (χ0v) is 18.6. The highest BCUT2D eigenvalue weighted by Crippen LogP contribution is 2.28. The van der Waals surface area contributed by atoms with Crippen LogP contribution >= 0.6 is 23.2 Å². The first-order chi connectivity index (χ1) is 14.3. The van der Waals surface area contributed by atoms with Crippen molar-refractivity contribution in [1.82, 2.24) is 10.7 Å². The molecule has 0 saturated carbocycles. The number of ether oxygens (including phenoxy) is 1. The standard InChI is InChI=1S/C22H25Cl2N3O3/c1-14(2)11-19(22(29)27-25-13-16-7-5-4-6-8-16)26-21(28)15(3)30-20-10-9-17(23)12-18(20)24/h4-10,12-15,19H,11H2,1-3H3,(H,26,28)(H,27,29)/b25-13-/t15-,19-/m0/s1. The second kappa shape index (κ2) is 11.6. The van der Waals surface area contributed by atoms with Crippen LogP contribution in [0.5, 0.6) is 5.75 Å². The van der Waals surface area contributed by atoms with Gasteiger partial charge in [-0.1, -0.05) is 67.4 Å². The van der Waals surface area contributed by atoms with Crippen LogP contribution < -0.4 is 15.5 Å². The third kappa shape index (κ3) is 7.69. The number of halogens is 2. The Morgan fingerprint density at radius 2 is 1.77 bits per heavy atom. The summed E-state index contributed by atoms with van der Waals surface area (Å²) in [6.45, 7) is 5.51. The first kappa shape index (κ1) is 23.7. The van der Waals surface area contributed by atoms with Crippen LogP contribution in [-0.2, 0) is 9.59 Å². The molecule has 0 unspecified atom stereocenters. The Morgan fingerprint density at radius 3 is 2.40 bits per heavy atom. The van der Waals surface area contributed by atoms with Crippen LogP contribution in [0.1, 0.15) is 32.8 Å². The molecule has 6 nitrogen and oxygen atoms in total. The molecule has 2 rings (SSSR count). The molecule has 8 heteroatoms. The fourth-order valence-electron chi connectivity index (χ4n) is 2.59. The number of amides is 2. The first-order valence-electron chi connectivity index (χ1n) is 9.56. The SMILES string of the molecule is CC(C)C[C@H](NC(=O)[C@H](C)Oc1ccc(Cl)cc1Cl)C(=O)N/N=C\c1ccccc1. The van der Waals surface area contributed by atoms with Crippen molar-refractivity contribution in [2.24, 2.45) is 11.0 Å². The van der Waals surface area contributed by atoms with E-state index in [0.717, 1.165) is 5.56 Å². The fourth-order valence-corrected chi connectivity index (χ4v) is 3.05. The van der Waals surface area contributed by atoms with Gasteiger partial charge in [0.25, 0.3) is 11.8 Å². The maximum atomic E-state index is 12.6. The second-order valence-corrected chi connectivity index (χ2v) is 8.01. The molecule has 0 heterocycles. The van der Waals surface area contributed by atoms with E-state index in [0.29, 0.717) is 22.2 Å². The second-order valence-electron chi connectivity index (χ2n) is 7.17. The predicted octanol–water partition coefficient (Wildman–Crippen LogP) is 4.44. The summed E-state index contributed by atoms with van der Waals surface area (Å²) in [6.07, 6.45) is 1.13. The summed E-state index contributed by atoms with van der Waals surface area (Å²) in [6, 6.07) is 13.4. The number of benzene rings is 2. The third-order valence-corrected chi connectivity index (χ3v) is 4.63. The molecule has 0 aliphatic carbocycles. The summed E-state index contributed by atoms with van der Waals surface area (Å²) in [4.78, 5) is 25.2. The number of rotatable bonds is 9. The predicted molar refractivity (Wildman–Crippen MR) is 120 cm³/mol. The van der Waals surface area contributed by atoms with Gasteiger partial charge in [-0.15, -0.1) is 0 Å². The molecule has 30 heavy (non-hydrogen) atoms. The number of carbonyl (C=O) groups is 2. The summed E-state index contributed by atoms with van der Waals surface area (Å²) in [5.41, 5.74) is 3.34. The highest BCUT2D eigenvalue weighted by Gasteiger charge is 2.25.